The van der Waals surface area contributed by atoms with E-state index >= 15 is 0 Å². The van der Waals surface area contributed by atoms with Gasteiger partial charge in [-0.05, 0) is 24.3 Å². The summed E-state index contributed by atoms with van der Waals surface area (Å²) in [4.78, 5) is 35.9. The summed E-state index contributed by atoms with van der Waals surface area (Å²) in [6.45, 7) is 0.0310. The number of nitriles is 1. The number of carbonyl (C=O) groups is 1. The fourth-order valence-corrected chi connectivity index (χ4v) is 2.37. The van der Waals surface area contributed by atoms with Gasteiger partial charge in [-0.15, -0.1) is 0 Å². The average molecular weight is 364 g/mol. The van der Waals surface area contributed by atoms with E-state index in [4.69, 9.17) is 5.26 Å². The first-order valence-electron chi connectivity index (χ1n) is 7.80. The van der Waals surface area contributed by atoms with Gasteiger partial charge in [-0.2, -0.15) is 5.26 Å². The lowest BCUT2D eigenvalue weighted by molar-refractivity contribution is 0.0944. The van der Waals surface area contributed by atoms with Crippen molar-refractivity contribution in [1.29, 1.82) is 5.26 Å². The molecule has 0 saturated carbocycles. The molecule has 9 heteroatoms. The zero-order valence-corrected chi connectivity index (χ0v) is 14.2. The van der Waals surface area contributed by atoms with Crippen LogP contribution in [0.1, 0.15) is 21.9 Å². The van der Waals surface area contributed by atoms with E-state index < -0.39 is 11.7 Å². The first-order valence-corrected chi connectivity index (χ1v) is 7.80. The monoisotopic (exact) mass is 364 g/mol. The molecule has 0 unspecified atom stereocenters. The van der Waals surface area contributed by atoms with Gasteiger partial charge in [0, 0.05) is 24.9 Å². The molecular formula is C18H13FN6O2. The third kappa shape index (κ3) is 4.01. The van der Waals surface area contributed by atoms with Crippen molar-refractivity contribution in [3.63, 3.8) is 0 Å². The third-order valence-corrected chi connectivity index (χ3v) is 3.79. The number of benzene rings is 1. The number of rotatable bonds is 4. The predicted octanol–water partition coefficient (Wildman–Crippen LogP) is 1.18. The SMILES string of the molecule is Cn1c(CNC(=O)c2cc(-c3cc(F)cc(C#N)c3)ncn2)nccc1=O. The maximum absolute atomic E-state index is 13.6. The molecule has 0 atom stereocenters. The Labute approximate surface area is 153 Å². The van der Waals surface area contributed by atoms with Crippen molar-refractivity contribution in [2.75, 3.05) is 0 Å². The molecule has 2 aromatic heterocycles. The summed E-state index contributed by atoms with van der Waals surface area (Å²) in [5.74, 6) is -0.702. The van der Waals surface area contributed by atoms with Gasteiger partial charge < -0.3 is 5.32 Å². The fraction of sp³-hybridized carbons (Fsp3) is 0.111. The van der Waals surface area contributed by atoms with Crippen LogP contribution in [0.15, 0.2) is 47.7 Å². The predicted molar refractivity (Wildman–Crippen MR) is 92.8 cm³/mol. The van der Waals surface area contributed by atoms with Crippen molar-refractivity contribution in [3.05, 3.63) is 76.1 Å². The molecule has 2 heterocycles. The van der Waals surface area contributed by atoms with Crippen LogP contribution in [0, 0.1) is 17.1 Å². The Morgan fingerprint density at radius 2 is 2.07 bits per heavy atom. The zero-order chi connectivity index (χ0) is 19.4. The van der Waals surface area contributed by atoms with E-state index in [1.165, 1.54) is 41.4 Å². The first kappa shape index (κ1) is 17.9. The lowest BCUT2D eigenvalue weighted by atomic mass is 10.1. The summed E-state index contributed by atoms with van der Waals surface area (Å²) >= 11 is 0. The van der Waals surface area contributed by atoms with Gasteiger partial charge in [0.1, 0.15) is 23.7 Å². The minimum absolute atomic E-state index is 0.0310. The van der Waals surface area contributed by atoms with E-state index in [2.05, 4.69) is 20.3 Å². The zero-order valence-electron chi connectivity index (χ0n) is 14.2. The Morgan fingerprint density at radius 1 is 1.26 bits per heavy atom. The standard InChI is InChI=1S/C18H13FN6O2/c1-25-16(21-3-2-17(25)26)9-22-18(27)15-7-14(23-10-24-15)12-4-11(8-20)5-13(19)6-12/h2-7,10H,9H2,1H3,(H,22,27). The molecule has 0 aliphatic carbocycles. The summed E-state index contributed by atoms with van der Waals surface area (Å²) in [7, 11) is 1.55. The highest BCUT2D eigenvalue weighted by atomic mass is 19.1. The Hall–Kier alpha value is -3.93. The minimum Gasteiger partial charge on any atom is -0.343 e. The second-order valence-corrected chi connectivity index (χ2v) is 5.57. The van der Waals surface area contributed by atoms with Crippen molar-refractivity contribution in [2.24, 2.45) is 7.05 Å². The van der Waals surface area contributed by atoms with Gasteiger partial charge in [0.05, 0.1) is 23.9 Å². The molecule has 3 rings (SSSR count). The van der Waals surface area contributed by atoms with Crippen LogP contribution in [0.4, 0.5) is 4.39 Å². The molecule has 8 nitrogen and oxygen atoms in total. The van der Waals surface area contributed by atoms with E-state index in [9.17, 15) is 14.0 Å². The van der Waals surface area contributed by atoms with E-state index in [0.717, 1.165) is 6.07 Å². The van der Waals surface area contributed by atoms with Gasteiger partial charge in [0.25, 0.3) is 11.5 Å². The lowest BCUT2D eigenvalue weighted by Crippen LogP contribution is -2.29. The van der Waals surface area contributed by atoms with Crippen LogP contribution in [-0.2, 0) is 13.6 Å². The number of aromatic nitrogens is 4. The third-order valence-electron chi connectivity index (χ3n) is 3.79. The van der Waals surface area contributed by atoms with Crippen molar-refractivity contribution < 1.29 is 9.18 Å². The smallest absolute Gasteiger partial charge is 0.270 e. The topological polar surface area (TPSA) is 114 Å². The van der Waals surface area contributed by atoms with Crippen LogP contribution in [0.2, 0.25) is 0 Å². The number of carbonyl (C=O) groups excluding carboxylic acids is 1. The number of halogens is 1. The van der Waals surface area contributed by atoms with E-state index in [-0.39, 0.29) is 23.4 Å². The van der Waals surface area contributed by atoms with Gasteiger partial charge in [-0.3, -0.25) is 14.2 Å². The number of nitrogens with one attached hydrogen (secondary N) is 1. The minimum atomic E-state index is -0.579. The summed E-state index contributed by atoms with van der Waals surface area (Å²) < 4.78 is 15.0. The van der Waals surface area contributed by atoms with E-state index in [0.29, 0.717) is 17.1 Å². The lowest BCUT2D eigenvalue weighted by Gasteiger charge is -2.08. The van der Waals surface area contributed by atoms with Gasteiger partial charge in [0.15, 0.2) is 0 Å². The number of hydrogen-bond donors (Lipinski definition) is 1. The fourth-order valence-electron chi connectivity index (χ4n) is 2.37. The molecular weight excluding hydrogens is 351 g/mol. The van der Waals surface area contributed by atoms with Gasteiger partial charge in [-0.25, -0.2) is 19.3 Å². The molecule has 0 fully saturated rings. The van der Waals surface area contributed by atoms with Crippen LogP contribution in [0.25, 0.3) is 11.3 Å². The van der Waals surface area contributed by atoms with Crippen LogP contribution in [0.3, 0.4) is 0 Å². The highest BCUT2D eigenvalue weighted by Gasteiger charge is 2.12. The van der Waals surface area contributed by atoms with Gasteiger partial charge in [-0.1, -0.05) is 0 Å². The molecule has 27 heavy (non-hydrogen) atoms. The quantitative estimate of drug-likeness (QED) is 0.744. The Balaban J connectivity index is 1.82. The number of nitrogens with zero attached hydrogens (tertiary/aromatic N) is 5. The first-order chi connectivity index (χ1) is 13.0. The van der Waals surface area contributed by atoms with Crippen LogP contribution in [0.5, 0.6) is 0 Å². The molecule has 0 aliphatic rings. The van der Waals surface area contributed by atoms with Crippen LogP contribution >= 0.6 is 0 Å². The van der Waals surface area contributed by atoms with Crippen molar-refractivity contribution in [1.82, 2.24) is 24.8 Å². The Bertz CT molecular complexity index is 1120. The summed E-state index contributed by atoms with van der Waals surface area (Å²) in [5.41, 5.74) is 0.624. The van der Waals surface area contributed by atoms with E-state index in [1.54, 1.807) is 7.05 Å². The second-order valence-electron chi connectivity index (χ2n) is 5.57. The maximum atomic E-state index is 13.6. The summed E-state index contributed by atoms with van der Waals surface area (Å²) in [5, 5.41) is 11.6. The Kier molecular flexibility index (Phi) is 4.99. The molecule has 0 bridgehead atoms. The molecule has 0 radical (unpaired) electrons. The summed E-state index contributed by atoms with van der Waals surface area (Å²) in [6, 6.07) is 8.37. The van der Waals surface area contributed by atoms with Crippen molar-refractivity contribution in [3.8, 4) is 17.3 Å². The maximum Gasteiger partial charge on any atom is 0.270 e. The molecule has 134 valence electrons. The van der Waals surface area contributed by atoms with Gasteiger partial charge >= 0.3 is 0 Å². The largest absolute Gasteiger partial charge is 0.343 e. The Morgan fingerprint density at radius 3 is 2.85 bits per heavy atom. The van der Waals surface area contributed by atoms with Crippen LogP contribution < -0.4 is 10.9 Å². The van der Waals surface area contributed by atoms with Crippen molar-refractivity contribution in [2.45, 2.75) is 6.54 Å². The average Bonchev–Trinajstić information content (AvgIpc) is 2.68. The number of amides is 1. The summed E-state index contributed by atoms with van der Waals surface area (Å²) in [6.07, 6.45) is 2.54. The van der Waals surface area contributed by atoms with Gasteiger partial charge in [0.2, 0.25) is 0 Å². The van der Waals surface area contributed by atoms with Crippen molar-refractivity contribution >= 4 is 5.91 Å². The molecule has 1 amide bonds. The molecule has 0 spiro atoms. The normalized spacial score (nSPS) is 10.3. The molecule has 1 N–H and O–H groups in total. The molecule has 1 aromatic carbocycles. The molecule has 0 aliphatic heterocycles. The highest BCUT2D eigenvalue weighted by molar-refractivity contribution is 5.93. The van der Waals surface area contributed by atoms with E-state index in [1.807, 2.05) is 6.07 Å². The number of hydrogen-bond acceptors (Lipinski definition) is 6. The molecule has 0 saturated heterocycles. The highest BCUT2D eigenvalue weighted by Crippen LogP contribution is 2.20. The second kappa shape index (κ2) is 7.53. The van der Waals surface area contributed by atoms with Crippen LogP contribution in [-0.4, -0.2) is 25.4 Å². The molecule has 3 aromatic rings.